The van der Waals surface area contributed by atoms with Crippen molar-refractivity contribution < 1.29 is 32.6 Å². The van der Waals surface area contributed by atoms with E-state index in [1.807, 2.05) is 6.26 Å². The number of ether oxygens (including phenoxy) is 1. The highest BCUT2D eigenvalue weighted by molar-refractivity contribution is 7.98. The minimum Gasteiger partial charge on any atom is -0.481 e. The number of ketones is 1. The number of benzene rings is 1. The van der Waals surface area contributed by atoms with Crippen molar-refractivity contribution in [2.75, 3.05) is 12.0 Å². The van der Waals surface area contributed by atoms with Crippen LogP contribution in [0.5, 0.6) is 5.75 Å². The fourth-order valence-corrected chi connectivity index (χ4v) is 3.79. The summed E-state index contributed by atoms with van der Waals surface area (Å²) in [7, 11) is 0. The molecule has 1 aromatic heterocycles. The first-order chi connectivity index (χ1) is 13.2. The van der Waals surface area contributed by atoms with Crippen LogP contribution in [0.25, 0.3) is 10.6 Å². The Morgan fingerprint density at radius 3 is 2.54 bits per heavy atom. The number of alkyl halides is 3. The van der Waals surface area contributed by atoms with Gasteiger partial charge in [-0.05, 0) is 42.7 Å². The Hall–Kier alpha value is -2.07. The van der Waals surface area contributed by atoms with E-state index in [0.717, 1.165) is 0 Å². The maximum atomic E-state index is 12.2. The van der Waals surface area contributed by atoms with Crippen LogP contribution in [0.2, 0.25) is 0 Å². The van der Waals surface area contributed by atoms with Crippen molar-refractivity contribution in [2.45, 2.75) is 25.6 Å². The molecule has 0 radical (unpaired) electrons. The highest BCUT2D eigenvalue weighted by atomic mass is 32.2. The average molecular weight is 433 g/mol. The van der Waals surface area contributed by atoms with Gasteiger partial charge in [-0.1, -0.05) is 0 Å². The molecule has 0 amide bonds. The molecular weight excluding hydrogens is 415 g/mol. The number of carbonyl (C=O) groups is 2. The second-order valence-electron chi connectivity index (χ2n) is 5.95. The molecule has 0 bridgehead atoms. The van der Waals surface area contributed by atoms with Crippen LogP contribution in [0.3, 0.4) is 0 Å². The van der Waals surface area contributed by atoms with E-state index in [4.69, 9.17) is 0 Å². The minimum absolute atomic E-state index is 0.0226. The first-order valence-electron chi connectivity index (χ1n) is 8.22. The second kappa shape index (κ2) is 9.92. The molecule has 0 saturated carbocycles. The lowest BCUT2D eigenvalue weighted by Crippen LogP contribution is -2.19. The van der Waals surface area contributed by atoms with Crippen molar-refractivity contribution in [3.8, 4) is 16.3 Å². The third kappa shape index (κ3) is 7.16. The fraction of sp³-hybridized carbons (Fsp3) is 0.389. The van der Waals surface area contributed by atoms with Crippen LogP contribution in [0.4, 0.5) is 13.2 Å². The van der Waals surface area contributed by atoms with E-state index >= 15 is 0 Å². The molecule has 0 aliphatic carbocycles. The normalized spacial score (nSPS) is 12.6. The number of carboxylic acids is 1. The SMILES string of the molecule is CSCC[C@H](CC(=O)Cc1csc(-c2ccc(OC(F)(F)F)cc2)n1)C(=O)O. The number of hydrogen-bond acceptors (Lipinski definition) is 6. The maximum Gasteiger partial charge on any atom is 0.573 e. The number of nitrogens with zero attached hydrogens (tertiary/aromatic N) is 1. The summed E-state index contributed by atoms with van der Waals surface area (Å²) >= 11 is 2.78. The number of aromatic nitrogens is 1. The van der Waals surface area contributed by atoms with E-state index < -0.39 is 18.2 Å². The molecule has 2 rings (SSSR count). The number of Topliss-reactive ketones (excluding diaryl/α,β-unsaturated/α-hetero) is 1. The minimum atomic E-state index is -4.75. The van der Waals surface area contributed by atoms with Crippen LogP contribution < -0.4 is 4.74 Å². The van der Waals surface area contributed by atoms with Crippen LogP contribution in [0.15, 0.2) is 29.6 Å². The van der Waals surface area contributed by atoms with Crippen LogP contribution in [-0.2, 0) is 16.0 Å². The smallest absolute Gasteiger partial charge is 0.481 e. The van der Waals surface area contributed by atoms with Crippen molar-refractivity contribution in [2.24, 2.45) is 5.92 Å². The summed E-state index contributed by atoms with van der Waals surface area (Å²) < 4.78 is 40.4. The first kappa shape index (κ1) is 22.2. The van der Waals surface area contributed by atoms with Gasteiger partial charge in [-0.25, -0.2) is 4.98 Å². The third-order valence-electron chi connectivity index (χ3n) is 3.76. The number of thiazole rings is 1. The average Bonchev–Trinajstić information content (AvgIpc) is 3.06. The lowest BCUT2D eigenvalue weighted by Gasteiger charge is -2.10. The van der Waals surface area contributed by atoms with Crippen molar-refractivity contribution in [3.63, 3.8) is 0 Å². The van der Waals surface area contributed by atoms with E-state index in [1.54, 1.807) is 5.38 Å². The number of thioether (sulfide) groups is 1. The van der Waals surface area contributed by atoms with Crippen LogP contribution in [0, 0.1) is 5.92 Å². The number of hydrogen-bond donors (Lipinski definition) is 1. The zero-order chi connectivity index (χ0) is 20.7. The Bertz CT molecular complexity index is 806. The number of aliphatic carboxylic acids is 1. The van der Waals surface area contributed by atoms with Gasteiger partial charge >= 0.3 is 12.3 Å². The number of carboxylic acid groups (broad SMARTS) is 1. The Kier molecular flexibility index (Phi) is 7.88. The Morgan fingerprint density at radius 1 is 1.29 bits per heavy atom. The van der Waals surface area contributed by atoms with Gasteiger partial charge in [-0.3, -0.25) is 9.59 Å². The first-order valence-corrected chi connectivity index (χ1v) is 10.5. The molecule has 1 N–H and O–H groups in total. The highest BCUT2D eigenvalue weighted by Gasteiger charge is 2.31. The largest absolute Gasteiger partial charge is 0.573 e. The van der Waals surface area contributed by atoms with Crippen LogP contribution in [0.1, 0.15) is 18.5 Å². The zero-order valence-electron chi connectivity index (χ0n) is 14.9. The third-order valence-corrected chi connectivity index (χ3v) is 5.34. The summed E-state index contributed by atoms with van der Waals surface area (Å²) in [5, 5.41) is 11.4. The van der Waals surface area contributed by atoms with E-state index in [2.05, 4.69) is 9.72 Å². The number of carbonyl (C=O) groups excluding carboxylic acids is 1. The van der Waals surface area contributed by atoms with Crippen molar-refractivity contribution in [1.29, 1.82) is 0 Å². The molecular formula is C18H18F3NO4S2. The van der Waals surface area contributed by atoms with Gasteiger partial charge in [0.05, 0.1) is 11.6 Å². The Labute approximate surface area is 167 Å². The van der Waals surface area contributed by atoms with E-state index in [9.17, 15) is 27.9 Å². The van der Waals surface area contributed by atoms with Crippen LogP contribution in [-0.4, -0.2) is 40.2 Å². The number of halogens is 3. The van der Waals surface area contributed by atoms with Gasteiger partial charge in [-0.15, -0.1) is 24.5 Å². The Morgan fingerprint density at radius 2 is 1.96 bits per heavy atom. The topological polar surface area (TPSA) is 76.5 Å². The molecule has 28 heavy (non-hydrogen) atoms. The predicted molar refractivity (Wildman–Crippen MR) is 102 cm³/mol. The highest BCUT2D eigenvalue weighted by Crippen LogP contribution is 2.28. The monoisotopic (exact) mass is 433 g/mol. The summed E-state index contributed by atoms with van der Waals surface area (Å²) in [5.41, 5.74) is 1.11. The van der Waals surface area contributed by atoms with Gasteiger partial charge in [0.25, 0.3) is 0 Å². The molecule has 0 unspecified atom stereocenters. The molecule has 2 aromatic rings. The maximum absolute atomic E-state index is 12.2. The fourth-order valence-electron chi connectivity index (χ4n) is 2.44. The van der Waals surface area contributed by atoms with Gasteiger partial charge in [0.1, 0.15) is 16.5 Å². The molecule has 10 heteroatoms. The molecule has 0 aliphatic rings. The van der Waals surface area contributed by atoms with Gasteiger partial charge in [-0.2, -0.15) is 11.8 Å². The van der Waals surface area contributed by atoms with Crippen molar-refractivity contribution in [3.05, 3.63) is 35.3 Å². The summed E-state index contributed by atoms with van der Waals surface area (Å²) in [6, 6.07) is 5.29. The molecule has 0 saturated heterocycles. The summed E-state index contributed by atoms with van der Waals surface area (Å²) in [5.74, 6) is -1.56. The molecule has 0 fully saturated rings. The summed E-state index contributed by atoms with van der Waals surface area (Å²) in [6.45, 7) is 0. The zero-order valence-corrected chi connectivity index (χ0v) is 16.5. The molecule has 0 spiro atoms. The summed E-state index contributed by atoms with van der Waals surface area (Å²) in [6.07, 6.45) is -2.48. The quantitative estimate of drug-likeness (QED) is 0.587. The molecule has 5 nitrogen and oxygen atoms in total. The molecule has 1 aromatic carbocycles. The van der Waals surface area contributed by atoms with E-state index in [1.165, 1.54) is 47.4 Å². The van der Waals surface area contributed by atoms with Crippen molar-refractivity contribution >= 4 is 34.9 Å². The van der Waals surface area contributed by atoms with Crippen molar-refractivity contribution in [1.82, 2.24) is 4.98 Å². The second-order valence-corrected chi connectivity index (χ2v) is 7.80. The standard InChI is InChI=1S/C18H18F3NO4S2/c1-27-7-6-12(17(24)25)8-14(23)9-13-10-28-16(22-13)11-2-4-15(5-3-11)26-18(19,20)21/h2-5,10,12H,6-9H2,1H3,(H,24,25)/t12-/m1/s1. The molecule has 1 atom stereocenters. The van der Waals surface area contributed by atoms with Gasteiger partial charge in [0.2, 0.25) is 0 Å². The predicted octanol–water partition coefficient (Wildman–Crippen LogP) is 4.66. The van der Waals surface area contributed by atoms with E-state index in [-0.39, 0.29) is 24.4 Å². The molecule has 0 aliphatic heterocycles. The molecule has 1 heterocycles. The molecule has 152 valence electrons. The Balaban J connectivity index is 1.98. The summed E-state index contributed by atoms with van der Waals surface area (Å²) in [4.78, 5) is 27.7. The van der Waals surface area contributed by atoms with Gasteiger partial charge in [0, 0.05) is 23.8 Å². The van der Waals surface area contributed by atoms with E-state index in [0.29, 0.717) is 28.4 Å². The van der Waals surface area contributed by atoms with Gasteiger partial charge in [0.15, 0.2) is 0 Å². The lowest BCUT2D eigenvalue weighted by molar-refractivity contribution is -0.274. The van der Waals surface area contributed by atoms with Gasteiger partial charge < -0.3 is 9.84 Å². The number of rotatable bonds is 10. The van der Waals surface area contributed by atoms with Crippen LogP contribution >= 0.6 is 23.1 Å². The lowest BCUT2D eigenvalue weighted by atomic mass is 9.98.